The molecule has 0 aliphatic rings. The van der Waals surface area contributed by atoms with Crippen molar-refractivity contribution in [3.8, 4) is 0 Å². The molecule has 17 heavy (non-hydrogen) atoms. The van der Waals surface area contributed by atoms with Gasteiger partial charge >= 0.3 is 0 Å². The van der Waals surface area contributed by atoms with E-state index in [9.17, 15) is 0 Å². The third-order valence-corrected chi connectivity index (χ3v) is 4.60. The normalized spacial score (nSPS) is 14.6. The predicted molar refractivity (Wildman–Crippen MR) is 75.6 cm³/mol. The van der Waals surface area contributed by atoms with Gasteiger partial charge in [0, 0.05) is 9.75 Å². The Morgan fingerprint density at radius 3 is 2.24 bits per heavy atom. The van der Waals surface area contributed by atoms with Gasteiger partial charge in [-0.15, -0.1) is 11.3 Å². The molecule has 2 aromatic rings. The highest BCUT2D eigenvalue weighted by Crippen LogP contribution is 2.32. The number of rotatable bonds is 2. The molecule has 0 saturated carbocycles. The van der Waals surface area contributed by atoms with Gasteiger partial charge in [-0.05, 0) is 56.5 Å². The Labute approximate surface area is 107 Å². The lowest BCUT2D eigenvalue weighted by Crippen LogP contribution is -2.33. The molecule has 1 unspecified atom stereocenters. The molecule has 0 radical (unpaired) electrons. The minimum atomic E-state index is -0.391. The summed E-state index contributed by atoms with van der Waals surface area (Å²) in [4.78, 5) is 2.53. The molecule has 0 fully saturated rings. The van der Waals surface area contributed by atoms with Crippen LogP contribution in [0.15, 0.2) is 30.3 Å². The van der Waals surface area contributed by atoms with Crippen LogP contribution in [0, 0.1) is 20.8 Å². The van der Waals surface area contributed by atoms with Crippen LogP contribution >= 0.6 is 11.3 Å². The molecule has 1 aromatic heterocycles. The predicted octanol–water partition coefficient (Wildman–Crippen LogP) is 3.90. The van der Waals surface area contributed by atoms with Gasteiger partial charge in [0.2, 0.25) is 0 Å². The van der Waals surface area contributed by atoms with Gasteiger partial charge < -0.3 is 5.73 Å². The van der Waals surface area contributed by atoms with Crippen LogP contribution < -0.4 is 5.73 Å². The van der Waals surface area contributed by atoms with Crippen LogP contribution in [0.2, 0.25) is 0 Å². The Bertz CT molecular complexity index is 538. The summed E-state index contributed by atoms with van der Waals surface area (Å²) in [7, 11) is 0. The van der Waals surface area contributed by atoms with Crippen LogP contribution in [-0.2, 0) is 5.54 Å². The van der Waals surface area contributed by atoms with Gasteiger partial charge in [0.15, 0.2) is 0 Å². The van der Waals surface area contributed by atoms with Crippen molar-refractivity contribution in [2.24, 2.45) is 5.73 Å². The summed E-state index contributed by atoms with van der Waals surface area (Å²) in [6.07, 6.45) is 0. The maximum Gasteiger partial charge on any atom is 0.0730 e. The lowest BCUT2D eigenvalue weighted by molar-refractivity contribution is 0.616. The monoisotopic (exact) mass is 245 g/mol. The van der Waals surface area contributed by atoms with Crippen LogP contribution in [0.3, 0.4) is 0 Å². The van der Waals surface area contributed by atoms with E-state index in [1.165, 1.54) is 26.4 Å². The summed E-state index contributed by atoms with van der Waals surface area (Å²) >= 11 is 1.77. The molecule has 1 heterocycles. The molecule has 0 amide bonds. The molecule has 0 spiro atoms. The van der Waals surface area contributed by atoms with Crippen molar-refractivity contribution >= 4 is 11.3 Å². The molecule has 0 saturated heterocycles. The summed E-state index contributed by atoms with van der Waals surface area (Å²) < 4.78 is 0. The zero-order chi connectivity index (χ0) is 12.6. The number of hydrogen-bond acceptors (Lipinski definition) is 2. The molecule has 90 valence electrons. The summed E-state index contributed by atoms with van der Waals surface area (Å²) in [5.41, 5.74) is 9.90. The maximum absolute atomic E-state index is 6.50. The average Bonchev–Trinajstić information content (AvgIpc) is 2.69. The van der Waals surface area contributed by atoms with E-state index in [4.69, 9.17) is 5.73 Å². The van der Waals surface area contributed by atoms with Crippen LogP contribution in [0.1, 0.15) is 33.4 Å². The van der Waals surface area contributed by atoms with Gasteiger partial charge in [-0.2, -0.15) is 0 Å². The molecule has 2 N–H and O–H groups in total. The molecular weight excluding hydrogens is 226 g/mol. The third kappa shape index (κ3) is 2.28. The standard InChI is InChI=1S/C15H19NS/c1-10-5-7-13(9-11(10)2)15(4,16)14-8-6-12(3)17-14/h5-9H,16H2,1-4H3. The van der Waals surface area contributed by atoms with Gasteiger partial charge in [-0.25, -0.2) is 0 Å². The Kier molecular flexibility index (Phi) is 3.11. The minimum absolute atomic E-state index is 0.391. The average molecular weight is 245 g/mol. The first kappa shape index (κ1) is 12.3. The van der Waals surface area contributed by atoms with Crippen molar-refractivity contribution < 1.29 is 0 Å². The smallest absolute Gasteiger partial charge is 0.0730 e. The lowest BCUT2D eigenvalue weighted by Gasteiger charge is -2.24. The highest BCUT2D eigenvalue weighted by molar-refractivity contribution is 7.12. The second-order valence-electron chi connectivity index (χ2n) is 4.91. The largest absolute Gasteiger partial charge is 0.317 e. The maximum atomic E-state index is 6.50. The molecule has 2 rings (SSSR count). The quantitative estimate of drug-likeness (QED) is 0.853. The van der Waals surface area contributed by atoms with Crippen LogP contribution in [-0.4, -0.2) is 0 Å². The van der Waals surface area contributed by atoms with Crippen molar-refractivity contribution in [2.75, 3.05) is 0 Å². The van der Waals surface area contributed by atoms with Crippen molar-refractivity contribution in [2.45, 2.75) is 33.2 Å². The van der Waals surface area contributed by atoms with Crippen LogP contribution in [0.25, 0.3) is 0 Å². The van der Waals surface area contributed by atoms with Crippen LogP contribution in [0.4, 0.5) is 0 Å². The Balaban J connectivity index is 2.47. The van der Waals surface area contributed by atoms with E-state index in [0.717, 1.165) is 0 Å². The summed E-state index contributed by atoms with van der Waals surface area (Å²) in [5, 5.41) is 0. The fraction of sp³-hybridized carbons (Fsp3) is 0.333. The van der Waals surface area contributed by atoms with Gasteiger partial charge in [-0.1, -0.05) is 18.2 Å². The van der Waals surface area contributed by atoms with Crippen LogP contribution in [0.5, 0.6) is 0 Å². The minimum Gasteiger partial charge on any atom is -0.317 e. The first-order chi connectivity index (χ1) is 7.91. The third-order valence-electron chi connectivity index (χ3n) is 3.36. The van der Waals surface area contributed by atoms with Gasteiger partial charge in [0.25, 0.3) is 0 Å². The second-order valence-corrected chi connectivity index (χ2v) is 6.20. The van der Waals surface area contributed by atoms with Gasteiger partial charge in [0.05, 0.1) is 5.54 Å². The SMILES string of the molecule is Cc1ccc(C(C)(N)c2ccc(C)c(C)c2)s1. The summed E-state index contributed by atoms with van der Waals surface area (Å²) in [6, 6.07) is 10.7. The molecular formula is C15H19NS. The highest BCUT2D eigenvalue weighted by atomic mass is 32.1. The van der Waals surface area contributed by atoms with E-state index in [1.54, 1.807) is 11.3 Å². The van der Waals surface area contributed by atoms with E-state index in [2.05, 4.69) is 58.0 Å². The molecule has 1 nitrogen and oxygen atoms in total. The molecule has 1 aromatic carbocycles. The van der Waals surface area contributed by atoms with Gasteiger partial charge in [-0.3, -0.25) is 0 Å². The fourth-order valence-electron chi connectivity index (χ4n) is 1.92. The molecule has 0 aliphatic carbocycles. The van der Waals surface area contributed by atoms with E-state index in [-0.39, 0.29) is 0 Å². The molecule has 0 aliphatic heterocycles. The zero-order valence-electron chi connectivity index (χ0n) is 10.9. The number of aryl methyl sites for hydroxylation is 3. The van der Waals surface area contributed by atoms with E-state index in [0.29, 0.717) is 0 Å². The fourth-order valence-corrected chi connectivity index (χ4v) is 2.87. The molecule has 1 atom stereocenters. The Morgan fingerprint density at radius 1 is 1.00 bits per heavy atom. The summed E-state index contributed by atoms with van der Waals surface area (Å²) in [6.45, 7) is 8.46. The topological polar surface area (TPSA) is 26.0 Å². The first-order valence-electron chi connectivity index (χ1n) is 5.85. The van der Waals surface area contributed by atoms with E-state index in [1.807, 2.05) is 0 Å². The van der Waals surface area contributed by atoms with Gasteiger partial charge in [0.1, 0.15) is 0 Å². The zero-order valence-corrected chi connectivity index (χ0v) is 11.7. The van der Waals surface area contributed by atoms with E-state index >= 15 is 0 Å². The number of hydrogen-bond donors (Lipinski definition) is 1. The summed E-state index contributed by atoms with van der Waals surface area (Å²) in [5.74, 6) is 0. The van der Waals surface area contributed by atoms with E-state index < -0.39 is 5.54 Å². The van der Waals surface area contributed by atoms with Crippen molar-refractivity contribution in [1.82, 2.24) is 0 Å². The van der Waals surface area contributed by atoms with Crippen molar-refractivity contribution in [1.29, 1.82) is 0 Å². The number of thiophene rings is 1. The Morgan fingerprint density at radius 2 is 1.71 bits per heavy atom. The number of benzene rings is 1. The molecule has 2 heteroatoms. The number of nitrogens with two attached hydrogens (primary N) is 1. The first-order valence-corrected chi connectivity index (χ1v) is 6.66. The second kappa shape index (κ2) is 4.28. The highest BCUT2D eigenvalue weighted by Gasteiger charge is 2.25. The molecule has 0 bridgehead atoms. The Hall–Kier alpha value is -1.12. The van der Waals surface area contributed by atoms with Crippen molar-refractivity contribution in [3.63, 3.8) is 0 Å². The van der Waals surface area contributed by atoms with Crippen molar-refractivity contribution in [3.05, 3.63) is 56.8 Å². The lowest BCUT2D eigenvalue weighted by atomic mass is 9.89.